The highest BCUT2D eigenvalue weighted by Crippen LogP contribution is 2.32. The number of carboxylic acids is 1. The minimum absolute atomic E-state index is 0.0316. The number of rotatable bonds is 11. The molecule has 184 valence electrons. The summed E-state index contributed by atoms with van der Waals surface area (Å²) in [6.07, 6.45) is -0.449. The molecule has 0 saturated carbocycles. The third-order valence-electron chi connectivity index (χ3n) is 6.15. The molecule has 3 heterocycles. The first kappa shape index (κ1) is 25.2. The number of imidazole rings is 1. The minimum atomic E-state index is -1.23. The number of hydrogen-bond donors (Lipinski definition) is 6. The molecule has 2 aromatic rings. The van der Waals surface area contributed by atoms with Crippen LogP contribution in [0.4, 0.5) is 5.82 Å². The van der Waals surface area contributed by atoms with E-state index < -0.39 is 36.6 Å². The lowest BCUT2D eigenvalue weighted by molar-refractivity contribution is -0.138. The van der Waals surface area contributed by atoms with E-state index in [4.69, 9.17) is 27.0 Å². The number of nitrogens with zero attached hydrogens (tertiary/aromatic N) is 5. The number of ether oxygens (including phenoxy) is 1. The highest BCUT2D eigenvalue weighted by Gasteiger charge is 2.44. The monoisotopic (exact) mass is 466 g/mol. The zero-order valence-electron chi connectivity index (χ0n) is 18.9. The van der Waals surface area contributed by atoms with Gasteiger partial charge in [-0.05, 0) is 25.3 Å². The first-order valence-corrected chi connectivity index (χ1v) is 11.0. The molecule has 0 radical (unpaired) electrons. The van der Waals surface area contributed by atoms with Gasteiger partial charge in [-0.15, -0.1) is 0 Å². The van der Waals surface area contributed by atoms with Crippen LogP contribution in [0.15, 0.2) is 12.7 Å². The van der Waals surface area contributed by atoms with E-state index in [1.54, 1.807) is 0 Å². The van der Waals surface area contributed by atoms with Gasteiger partial charge in [0.2, 0.25) is 0 Å². The molecule has 0 aromatic carbocycles. The summed E-state index contributed by atoms with van der Waals surface area (Å²) in [5.74, 6) is -0.586. The van der Waals surface area contributed by atoms with Crippen LogP contribution in [0.5, 0.6) is 0 Å². The predicted octanol–water partition coefficient (Wildman–Crippen LogP) is -1.49. The largest absolute Gasteiger partial charge is 0.480 e. The van der Waals surface area contributed by atoms with E-state index in [0.717, 1.165) is 0 Å². The van der Waals surface area contributed by atoms with Crippen LogP contribution in [0.2, 0.25) is 0 Å². The molecular formula is C20H34N8O5. The fourth-order valence-electron chi connectivity index (χ4n) is 3.83. The van der Waals surface area contributed by atoms with Crippen LogP contribution in [0.3, 0.4) is 0 Å². The fourth-order valence-corrected chi connectivity index (χ4v) is 3.83. The second-order valence-corrected chi connectivity index (χ2v) is 8.86. The first-order valence-electron chi connectivity index (χ1n) is 11.0. The van der Waals surface area contributed by atoms with Crippen LogP contribution in [0.25, 0.3) is 11.2 Å². The lowest BCUT2D eigenvalue weighted by Gasteiger charge is -2.29. The van der Waals surface area contributed by atoms with Crippen molar-refractivity contribution >= 4 is 23.0 Å². The van der Waals surface area contributed by atoms with Crippen LogP contribution in [0.1, 0.15) is 32.9 Å². The Morgan fingerprint density at radius 3 is 2.55 bits per heavy atom. The number of aliphatic carboxylic acids is 1. The number of carboxylic acid groups (broad SMARTS) is 1. The quantitative estimate of drug-likeness (QED) is 0.223. The van der Waals surface area contributed by atoms with Crippen molar-refractivity contribution in [2.75, 3.05) is 25.4 Å². The molecule has 6 atom stereocenters. The predicted molar refractivity (Wildman–Crippen MR) is 120 cm³/mol. The summed E-state index contributed by atoms with van der Waals surface area (Å²) in [5, 5.41) is 30.5. The second kappa shape index (κ2) is 10.7. The fraction of sp³-hybridized carbons (Fsp3) is 0.700. The molecule has 13 nitrogen and oxygen atoms in total. The average Bonchev–Trinajstić information content (AvgIpc) is 3.32. The highest BCUT2D eigenvalue weighted by atomic mass is 16.6. The van der Waals surface area contributed by atoms with Crippen LogP contribution < -0.4 is 17.2 Å². The standard InChI is InChI=1S/C20H34N8O5/c1-10(2)11(21)3-5-27(6-4-12(22)20(31)32)7-13-15(29)16(30)19(33-13)28-9-26-14-17(23)24-8-25-18(14)28/h8-13,15-16,19,29-30H,3-7,21-22H2,1-2H3,(H,31,32)(H2,23,24,25)/t11-,12-,13+,15+,16+,19+/m0/s1. The summed E-state index contributed by atoms with van der Waals surface area (Å²) in [4.78, 5) is 25.3. The van der Waals surface area contributed by atoms with Gasteiger partial charge in [-0.25, -0.2) is 15.0 Å². The molecular weight excluding hydrogens is 432 g/mol. The zero-order valence-corrected chi connectivity index (χ0v) is 18.9. The number of aliphatic hydroxyl groups is 2. The Bertz CT molecular complexity index is 940. The summed E-state index contributed by atoms with van der Waals surface area (Å²) in [6, 6.07) is -1.03. The van der Waals surface area contributed by atoms with Gasteiger partial charge in [-0.3, -0.25) is 9.36 Å². The average molecular weight is 467 g/mol. The molecule has 0 amide bonds. The van der Waals surface area contributed by atoms with E-state index in [1.807, 2.05) is 18.7 Å². The van der Waals surface area contributed by atoms with E-state index in [-0.39, 0.29) is 30.7 Å². The van der Waals surface area contributed by atoms with E-state index in [9.17, 15) is 15.0 Å². The van der Waals surface area contributed by atoms with E-state index in [1.165, 1.54) is 17.2 Å². The van der Waals surface area contributed by atoms with Crippen LogP contribution in [-0.2, 0) is 9.53 Å². The molecule has 9 N–H and O–H groups in total. The summed E-state index contributed by atoms with van der Waals surface area (Å²) >= 11 is 0. The molecule has 13 heteroatoms. The maximum absolute atomic E-state index is 11.1. The first-order chi connectivity index (χ1) is 15.6. The van der Waals surface area contributed by atoms with E-state index in [0.29, 0.717) is 30.7 Å². The highest BCUT2D eigenvalue weighted by molar-refractivity contribution is 5.81. The van der Waals surface area contributed by atoms with Crippen molar-refractivity contribution in [1.29, 1.82) is 0 Å². The van der Waals surface area contributed by atoms with Crippen LogP contribution in [0, 0.1) is 5.92 Å². The van der Waals surface area contributed by atoms with Crippen molar-refractivity contribution in [1.82, 2.24) is 24.4 Å². The summed E-state index contributed by atoms with van der Waals surface area (Å²) in [7, 11) is 0. The molecule has 0 bridgehead atoms. The van der Waals surface area contributed by atoms with Gasteiger partial charge in [-0.1, -0.05) is 13.8 Å². The van der Waals surface area contributed by atoms with Crippen molar-refractivity contribution < 1.29 is 24.9 Å². The molecule has 0 spiro atoms. The molecule has 3 rings (SSSR count). The number of aromatic nitrogens is 4. The number of hydrogen-bond acceptors (Lipinski definition) is 11. The lowest BCUT2D eigenvalue weighted by Crippen LogP contribution is -2.44. The number of anilines is 1. The maximum Gasteiger partial charge on any atom is 0.320 e. The summed E-state index contributed by atoms with van der Waals surface area (Å²) in [5.41, 5.74) is 18.4. The van der Waals surface area contributed by atoms with Gasteiger partial charge >= 0.3 is 5.97 Å². The van der Waals surface area contributed by atoms with Gasteiger partial charge in [0.1, 0.15) is 36.2 Å². The Balaban J connectivity index is 1.72. The van der Waals surface area contributed by atoms with Crippen molar-refractivity contribution in [3.63, 3.8) is 0 Å². The topological polar surface area (TPSA) is 212 Å². The number of aliphatic hydroxyl groups excluding tert-OH is 2. The van der Waals surface area contributed by atoms with Crippen molar-refractivity contribution in [2.24, 2.45) is 17.4 Å². The number of nitrogens with two attached hydrogens (primary N) is 3. The number of fused-ring (bicyclic) bond motifs is 1. The van der Waals surface area contributed by atoms with Gasteiger partial charge in [0.25, 0.3) is 0 Å². The van der Waals surface area contributed by atoms with Crippen molar-refractivity contribution in [2.45, 2.75) is 63.3 Å². The Hall–Kier alpha value is -2.42. The molecule has 2 aromatic heterocycles. The van der Waals surface area contributed by atoms with E-state index >= 15 is 0 Å². The summed E-state index contributed by atoms with van der Waals surface area (Å²) < 4.78 is 7.53. The minimum Gasteiger partial charge on any atom is -0.480 e. The number of nitrogen functional groups attached to an aromatic ring is 1. The van der Waals surface area contributed by atoms with Gasteiger partial charge in [0.05, 0.1) is 6.33 Å². The number of carbonyl (C=O) groups is 1. The maximum atomic E-state index is 11.1. The third kappa shape index (κ3) is 5.75. The molecule has 1 fully saturated rings. The van der Waals surface area contributed by atoms with Gasteiger partial charge in [0.15, 0.2) is 17.7 Å². The Labute approximate surface area is 191 Å². The zero-order chi connectivity index (χ0) is 24.3. The molecule has 0 aliphatic carbocycles. The van der Waals surface area contributed by atoms with Crippen molar-refractivity contribution in [3.8, 4) is 0 Å². The van der Waals surface area contributed by atoms with Gasteiger partial charge in [0, 0.05) is 19.1 Å². The van der Waals surface area contributed by atoms with Gasteiger partial charge in [-0.2, -0.15) is 0 Å². The third-order valence-corrected chi connectivity index (χ3v) is 6.15. The SMILES string of the molecule is CC(C)[C@@H](N)CCN(CC[C@H](N)C(=O)O)C[C@H]1O[C@@H](n2cnc3c(N)ncnc32)[C@H](O)[C@@H]1O. The molecule has 0 unspecified atom stereocenters. The van der Waals surface area contributed by atoms with Crippen molar-refractivity contribution in [3.05, 3.63) is 12.7 Å². The Morgan fingerprint density at radius 1 is 1.18 bits per heavy atom. The van der Waals surface area contributed by atoms with Crippen LogP contribution >= 0.6 is 0 Å². The second-order valence-electron chi connectivity index (χ2n) is 8.86. The normalized spacial score (nSPS) is 25.2. The summed E-state index contributed by atoms with van der Waals surface area (Å²) in [6.45, 7) is 5.27. The smallest absolute Gasteiger partial charge is 0.320 e. The molecule has 33 heavy (non-hydrogen) atoms. The molecule has 1 aliphatic rings. The lowest BCUT2D eigenvalue weighted by atomic mass is 10.0. The van der Waals surface area contributed by atoms with Crippen LogP contribution in [-0.4, -0.2) is 95.7 Å². The molecule has 1 aliphatic heterocycles. The Kier molecular flexibility index (Phi) is 8.15. The Morgan fingerprint density at radius 2 is 1.88 bits per heavy atom. The van der Waals surface area contributed by atoms with E-state index in [2.05, 4.69) is 15.0 Å². The van der Waals surface area contributed by atoms with Gasteiger partial charge < -0.3 is 42.2 Å². The molecule has 1 saturated heterocycles.